The first-order valence-corrected chi connectivity index (χ1v) is 11.9. The fourth-order valence-electron chi connectivity index (χ4n) is 4.35. The molecule has 0 spiro atoms. The Labute approximate surface area is 215 Å². The van der Waals surface area contributed by atoms with Crippen LogP contribution in [-0.2, 0) is 11.3 Å². The number of guanidine groups is 1. The van der Waals surface area contributed by atoms with Crippen molar-refractivity contribution < 1.29 is 4.74 Å². The van der Waals surface area contributed by atoms with E-state index < -0.39 is 0 Å². The van der Waals surface area contributed by atoms with E-state index >= 15 is 0 Å². The largest absolute Gasteiger partial charge is 0.378 e. The third kappa shape index (κ3) is 6.96. The van der Waals surface area contributed by atoms with Gasteiger partial charge in [0.05, 0.1) is 25.8 Å². The molecule has 33 heavy (non-hydrogen) atoms. The van der Waals surface area contributed by atoms with Crippen molar-refractivity contribution in [1.29, 1.82) is 0 Å². The van der Waals surface area contributed by atoms with Gasteiger partial charge in [0.1, 0.15) is 5.82 Å². The summed E-state index contributed by atoms with van der Waals surface area (Å²) in [5.41, 5.74) is 3.73. The van der Waals surface area contributed by atoms with Crippen LogP contribution in [-0.4, -0.2) is 56.9 Å². The lowest BCUT2D eigenvalue weighted by molar-refractivity contribution is 0.122. The number of hydrogen-bond acceptors (Lipinski definition) is 5. The van der Waals surface area contributed by atoms with Crippen molar-refractivity contribution in [3.8, 4) is 0 Å². The van der Waals surface area contributed by atoms with Gasteiger partial charge in [0.2, 0.25) is 0 Å². The topological polar surface area (TPSA) is 65.0 Å². The van der Waals surface area contributed by atoms with Crippen LogP contribution >= 0.6 is 24.0 Å². The van der Waals surface area contributed by atoms with Gasteiger partial charge < -0.3 is 25.2 Å². The molecule has 1 atom stereocenters. The minimum absolute atomic E-state index is 0. The highest BCUT2D eigenvalue weighted by Gasteiger charge is 2.17. The zero-order valence-electron chi connectivity index (χ0n) is 19.8. The molecule has 1 unspecified atom stereocenters. The molecule has 2 saturated heterocycles. The van der Waals surface area contributed by atoms with Gasteiger partial charge in [-0.2, -0.15) is 0 Å². The minimum Gasteiger partial charge on any atom is -0.378 e. The predicted octanol–water partition coefficient (Wildman–Crippen LogP) is 3.95. The van der Waals surface area contributed by atoms with Crippen LogP contribution in [0.5, 0.6) is 0 Å². The lowest BCUT2D eigenvalue weighted by Crippen LogP contribution is -2.39. The average molecular weight is 565 g/mol. The Morgan fingerprint density at radius 3 is 2.64 bits per heavy atom. The van der Waals surface area contributed by atoms with E-state index in [2.05, 4.69) is 69.6 Å². The van der Waals surface area contributed by atoms with Gasteiger partial charge in [0.15, 0.2) is 5.96 Å². The first-order chi connectivity index (χ1) is 15.7. The molecule has 3 heterocycles. The van der Waals surface area contributed by atoms with Crippen LogP contribution in [0.2, 0.25) is 0 Å². The number of ether oxygens (including phenoxy) is 1. The number of morpholine rings is 1. The molecule has 2 aromatic rings. The Morgan fingerprint density at radius 2 is 1.88 bits per heavy atom. The van der Waals surface area contributed by atoms with Gasteiger partial charge in [-0.15, -0.1) is 24.0 Å². The zero-order chi connectivity index (χ0) is 22.2. The standard InChI is InChI=1S/C25H36N6O.HI/c1-3-26-25(28-19-22-9-7-11-27-24(22)31-14-16-32-17-15-31)29-20(2)21-8-6-10-23(18-21)30-12-4-5-13-30;/h6-11,18,20H,3-5,12-17,19H2,1-2H3,(H2,26,28,29);1H. The van der Waals surface area contributed by atoms with E-state index in [4.69, 9.17) is 9.73 Å². The fraction of sp³-hybridized carbons (Fsp3) is 0.520. The zero-order valence-corrected chi connectivity index (χ0v) is 22.1. The van der Waals surface area contributed by atoms with Crippen molar-refractivity contribution in [1.82, 2.24) is 15.6 Å². The lowest BCUT2D eigenvalue weighted by atomic mass is 10.1. The fourth-order valence-corrected chi connectivity index (χ4v) is 4.35. The number of anilines is 2. The molecule has 180 valence electrons. The van der Waals surface area contributed by atoms with E-state index in [0.717, 1.165) is 63.3 Å². The molecule has 1 aromatic heterocycles. The molecule has 7 nitrogen and oxygen atoms in total. The van der Waals surface area contributed by atoms with Gasteiger partial charge in [0.25, 0.3) is 0 Å². The maximum absolute atomic E-state index is 5.50. The highest BCUT2D eigenvalue weighted by atomic mass is 127. The van der Waals surface area contributed by atoms with Crippen molar-refractivity contribution in [3.63, 3.8) is 0 Å². The quantitative estimate of drug-likeness (QED) is 0.302. The average Bonchev–Trinajstić information content (AvgIpc) is 3.39. The van der Waals surface area contributed by atoms with E-state index in [1.807, 2.05) is 12.3 Å². The summed E-state index contributed by atoms with van der Waals surface area (Å²) >= 11 is 0. The van der Waals surface area contributed by atoms with Gasteiger partial charge in [-0.3, -0.25) is 0 Å². The summed E-state index contributed by atoms with van der Waals surface area (Å²) in [5.74, 6) is 1.84. The second-order valence-electron chi connectivity index (χ2n) is 8.44. The molecule has 8 heteroatoms. The molecular weight excluding hydrogens is 527 g/mol. The number of pyridine rings is 1. The number of aromatic nitrogens is 1. The Hall–Kier alpha value is -2.07. The first kappa shape index (κ1) is 25.6. The molecule has 2 aliphatic rings. The van der Waals surface area contributed by atoms with Crippen LogP contribution in [0.4, 0.5) is 11.5 Å². The molecule has 0 amide bonds. The summed E-state index contributed by atoms with van der Waals surface area (Å²) in [5, 5.41) is 6.98. The molecule has 1 aromatic carbocycles. The number of nitrogens with zero attached hydrogens (tertiary/aromatic N) is 4. The van der Waals surface area contributed by atoms with Crippen molar-refractivity contribution in [3.05, 3.63) is 53.7 Å². The smallest absolute Gasteiger partial charge is 0.192 e. The number of nitrogens with one attached hydrogen (secondary N) is 2. The van der Waals surface area contributed by atoms with E-state index in [9.17, 15) is 0 Å². The Morgan fingerprint density at radius 1 is 1.09 bits per heavy atom. The predicted molar refractivity (Wildman–Crippen MR) is 147 cm³/mol. The van der Waals surface area contributed by atoms with Crippen molar-refractivity contribution in [2.24, 2.45) is 4.99 Å². The van der Waals surface area contributed by atoms with E-state index in [0.29, 0.717) is 6.54 Å². The SMILES string of the molecule is CCNC(=NCc1cccnc1N1CCOCC1)NC(C)c1cccc(N2CCCC2)c1.I. The highest BCUT2D eigenvalue weighted by molar-refractivity contribution is 14.0. The van der Waals surface area contributed by atoms with Gasteiger partial charge >= 0.3 is 0 Å². The normalized spacial score (nSPS) is 17.5. The number of aliphatic imine (C=N–C) groups is 1. The molecular formula is C25H37IN6O. The van der Waals surface area contributed by atoms with Crippen LogP contribution in [0.3, 0.4) is 0 Å². The summed E-state index contributed by atoms with van der Waals surface area (Å²) in [6, 6.07) is 13.1. The van der Waals surface area contributed by atoms with Gasteiger partial charge in [0, 0.05) is 50.2 Å². The molecule has 0 bridgehead atoms. The summed E-state index contributed by atoms with van der Waals surface area (Å²) in [4.78, 5) is 14.3. The van der Waals surface area contributed by atoms with Crippen LogP contribution < -0.4 is 20.4 Å². The van der Waals surface area contributed by atoms with E-state index in [1.165, 1.54) is 24.1 Å². The van der Waals surface area contributed by atoms with Crippen molar-refractivity contribution >= 4 is 41.4 Å². The summed E-state index contributed by atoms with van der Waals surface area (Å²) in [6.07, 6.45) is 4.43. The van der Waals surface area contributed by atoms with E-state index in [-0.39, 0.29) is 30.0 Å². The van der Waals surface area contributed by atoms with Crippen molar-refractivity contribution in [2.45, 2.75) is 39.3 Å². The Kier molecular flexibility index (Phi) is 10.1. The van der Waals surface area contributed by atoms with Crippen LogP contribution in [0.15, 0.2) is 47.6 Å². The third-order valence-corrected chi connectivity index (χ3v) is 6.12. The maximum atomic E-state index is 5.50. The summed E-state index contributed by atoms with van der Waals surface area (Å²) < 4.78 is 5.50. The van der Waals surface area contributed by atoms with Crippen LogP contribution in [0, 0.1) is 0 Å². The minimum atomic E-state index is 0. The molecule has 2 aliphatic heterocycles. The molecule has 0 aliphatic carbocycles. The van der Waals surface area contributed by atoms with E-state index in [1.54, 1.807) is 0 Å². The van der Waals surface area contributed by atoms with Gasteiger partial charge in [-0.05, 0) is 50.5 Å². The Balaban J connectivity index is 0.00000306. The van der Waals surface area contributed by atoms with Crippen molar-refractivity contribution in [2.75, 3.05) is 55.7 Å². The monoisotopic (exact) mass is 564 g/mol. The second kappa shape index (κ2) is 13.0. The van der Waals surface area contributed by atoms with Crippen LogP contribution in [0.1, 0.15) is 43.9 Å². The molecule has 0 radical (unpaired) electrons. The molecule has 2 fully saturated rings. The lowest BCUT2D eigenvalue weighted by Gasteiger charge is -2.29. The summed E-state index contributed by atoms with van der Waals surface area (Å²) in [6.45, 7) is 11.2. The molecule has 2 N–H and O–H groups in total. The Bertz CT molecular complexity index is 896. The number of hydrogen-bond donors (Lipinski definition) is 2. The molecule has 4 rings (SSSR count). The second-order valence-corrected chi connectivity index (χ2v) is 8.44. The third-order valence-electron chi connectivity index (χ3n) is 6.12. The number of halogens is 1. The number of rotatable bonds is 7. The van der Waals surface area contributed by atoms with Crippen LogP contribution in [0.25, 0.3) is 0 Å². The number of benzene rings is 1. The maximum Gasteiger partial charge on any atom is 0.192 e. The summed E-state index contributed by atoms with van der Waals surface area (Å²) in [7, 11) is 0. The van der Waals surface area contributed by atoms with Gasteiger partial charge in [-0.1, -0.05) is 18.2 Å². The van der Waals surface area contributed by atoms with Gasteiger partial charge in [-0.25, -0.2) is 9.98 Å². The molecule has 0 saturated carbocycles. The highest BCUT2D eigenvalue weighted by Crippen LogP contribution is 2.24. The first-order valence-electron chi connectivity index (χ1n) is 11.9.